The van der Waals surface area contributed by atoms with Crippen molar-refractivity contribution in [3.8, 4) is 0 Å². The number of carboxylic acids is 1. The quantitative estimate of drug-likeness (QED) is 0.875. The van der Waals surface area contributed by atoms with Gasteiger partial charge in [-0.2, -0.15) is 0 Å². The molecule has 2 saturated heterocycles. The fourth-order valence-electron chi connectivity index (χ4n) is 4.35. The molecule has 8 nitrogen and oxygen atoms in total. The van der Waals surface area contributed by atoms with Gasteiger partial charge in [-0.25, -0.2) is 9.42 Å². The van der Waals surface area contributed by atoms with Gasteiger partial charge in [0.2, 0.25) is 5.91 Å². The molecule has 2 aromatic rings. The van der Waals surface area contributed by atoms with Gasteiger partial charge in [-0.3, -0.25) is 9.69 Å². The lowest BCUT2D eigenvalue weighted by atomic mass is 9.72. The molecule has 2 aliphatic rings. The van der Waals surface area contributed by atoms with Gasteiger partial charge in [-0.1, -0.05) is 12.1 Å². The summed E-state index contributed by atoms with van der Waals surface area (Å²) in [7, 11) is 0. The lowest BCUT2D eigenvalue weighted by molar-refractivity contribution is -0.155. The monoisotopic (exact) mass is 372 g/mol. The zero-order chi connectivity index (χ0) is 19.0. The van der Waals surface area contributed by atoms with E-state index in [1.165, 1.54) is 0 Å². The zero-order valence-electron chi connectivity index (χ0n) is 15.4. The SMILES string of the molecule is C[C@@H](C(=O)O)N1CC2(CCC1=O)CCN(Cc1cccc3nonc13)CC2. The predicted octanol–water partition coefficient (Wildman–Crippen LogP) is 1.90. The highest BCUT2D eigenvalue weighted by atomic mass is 16.6. The fraction of sp³-hybridized carbons (Fsp3) is 0.579. The Hall–Kier alpha value is -2.48. The summed E-state index contributed by atoms with van der Waals surface area (Å²) in [5, 5.41) is 17.2. The van der Waals surface area contributed by atoms with Crippen LogP contribution in [0.25, 0.3) is 11.0 Å². The van der Waals surface area contributed by atoms with Crippen LogP contribution < -0.4 is 0 Å². The van der Waals surface area contributed by atoms with Crippen molar-refractivity contribution in [2.24, 2.45) is 5.41 Å². The molecule has 3 heterocycles. The third-order valence-corrected chi connectivity index (χ3v) is 6.20. The Morgan fingerprint density at radius 3 is 2.81 bits per heavy atom. The number of piperidine rings is 2. The smallest absolute Gasteiger partial charge is 0.326 e. The Kier molecular flexibility index (Phi) is 4.59. The second kappa shape index (κ2) is 6.92. The number of carboxylic acid groups (broad SMARTS) is 1. The minimum absolute atomic E-state index is 0.0373. The Morgan fingerprint density at radius 1 is 1.30 bits per heavy atom. The molecule has 1 aromatic heterocycles. The summed E-state index contributed by atoms with van der Waals surface area (Å²) >= 11 is 0. The summed E-state index contributed by atoms with van der Waals surface area (Å²) in [6.45, 7) is 4.78. The minimum atomic E-state index is -0.938. The maximum atomic E-state index is 12.2. The number of benzene rings is 1. The van der Waals surface area contributed by atoms with Gasteiger partial charge >= 0.3 is 5.97 Å². The molecule has 1 spiro atoms. The molecule has 1 atom stereocenters. The summed E-state index contributed by atoms with van der Waals surface area (Å²) in [6.07, 6.45) is 3.24. The van der Waals surface area contributed by atoms with E-state index >= 15 is 0 Å². The Balaban J connectivity index is 1.41. The molecular weight excluding hydrogens is 348 g/mol. The van der Waals surface area contributed by atoms with Crippen molar-refractivity contribution in [1.82, 2.24) is 20.1 Å². The molecule has 0 radical (unpaired) electrons. The summed E-state index contributed by atoms with van der Waals surface area (Å²) in [5.74, 6) is -0.977. The first-order valence-electron chi connectivity index (χ1n) is 9.42. The fourth-order valence-corrected chi connectivity index (χ4v) is 4.35. The van der Waals surface area contributed by atoms with E-state index in [9.17, 15) is 14.7 Å². The van der Waals surface area contributed by atoms with E-state index in [1.807, 2.05) is 18.2 Å². The van der Waals surface area contributed by atoms with E-state index in [0.29, 0.717) is 13.0 Å². The predicted molar refractivity (Wildman–Crippen MR) is 96.8 cm³/mol. The highest BCUT2D eigenvalue weighted by molar-refractivity contribution is 5.84. The van der Waals surface area contributed by atoms with E-state index in [2.05, 4.69) is 15.2 Å². The highest BCUT2D eigenvalue weighted by Crippen LogP contribution is 2.41. The third kappa shape index (κ3) is 3.41. The maximum Gasteiger partial charge on any atom is 0.326 e. The topological polar surface area (TPSA) is 99.8 Å². The van der Waals surface area contributed by atoms with E-state index in [1.54, 1.807) is 11.8 Å². The second-order valence-corrected chi connectivity index (χ2v) is 7.86. The zero-order valence-corrected chi connectivity index (χ0v) is 15.4. The molecule has 0 unspecified atom stereocenters. The average Bonchev–Trinajstić information content (AvgIpc) is 3.15. The van der Waals surface area contributed by atoms with Crippen molar-refractivity contribution >= 4 is 22.9 Å². The lowest BCUT2D eigenvalue weighted by Gasteiger charge is -2.48. The summed E-state index contributed by atoms with van der Waals surface area (Å²) in [5.41, 5.74) is 2.72. The molecule has 0 bridgehead atoms. The molecule has 2 fully saturated rings. The van der Waals surface area contributed by atoms with Crippen molar-refractivity contribution in [3.63, 3.8) is 0 Å². The van der Waals surface area contributed by atoms with Crippen LogP contribution in [-0.2, 0) is 16.1 Å². The summed E-state index contributed by atoms with van der Waals surface area (Å²) in [4.78, 5) is 27.5. The molecule has 0 saturated carbocycles. The van der Waals surface area contributed by atoms with E-state index < -0.39 is 12.0 Å². The molecule has 4 rings (SSSR count). The number of nitrogens with zero attached hydrogens (tertiary/aromatic N) is 4. The van der Waals surface area contributed by atoms with Crippen LogP contribution in [0.5, 0.6) is 0 Å². The Morgan fingerprint density at radius 2 is 2.07 bits per heavy atom. The van der Waals surface area contributed by atoms with Crippen LogP contribution in [0, 0.1) is 5.41 Å². The van der Waals surface area contributed by atoms with Crippen molar-refractivity contribution in [1.29, 1.82) is 0 Å². The van der Waals surface area contributed by atoms with Gasteiger partial charge in [0, 0.05) is 19.5 Å². The van der Waals surface area contributed by atoms with Crippen molar-refractivity contribution in [2.75, 3.05) is 19.6 Å². The van der Waals surface area contributed by atoms with Crippen molar-refractivity contribution in [2.45, 2.75) is 45.2 Å². The normalized spacial score (nSPS) is 21.7. The molecule has 27 heavy (non-hydrogen) atoms. The molecule has 8 heteroatoms. The van der Waals surface area contributed by atoms with Crippen LogP contribution in [-0.4, -0.2) is 62.8 Å². The Bertz CT molecular complexity index is 856. The van der Waals surface area contributed by atoms with Gasteiger partial charge in [-0.15, -0.1) is 0 Å². The van der Waals surface area contributed by atoms with Gasteiger partial charge < -0.3 is 10.0 Å². The second-order valence-electron chi connectivity index (χ2n) is 7.86. The van der Waals surface area contributed by atoms with Crippen LogP contribution in [0.1, 0.15) is 38.2 Å². The lowest BCUT2D eigenvalue weighted by Crippen LogP contribution is -2.55. The number of hydrogen-bond acceptors (Lipinski definition) is 6. The number of hydrogen-bond donors (Lipinski definition) is 1. The van der Waals surface area contributed by atoms with E-state index in [0.717, 1.165) is 55.5 Å². The number of rotatable bonds is 4. The van der Waals surface area contributed by atoms with E-state index in [4.69, 9.17) is 4.63 Å². The molecule has 144 valence electrons. The van der Waals surface area contributed by atoms with E-state index in [-0.39, 0.29) is 11.3 Å². The highest BCUT2D eigenvalue weighted by Gasteiger charge is 2.43. The standard InChI is InChI=1S/C19H24N4O4/c1-13(18(25)26)23-12-19(6-5-16(23)24)7-9-22(10-8-19)11-14-3-2-4-15-17(14)21-27-20-15/h2-4,13H,5-12H2,1H3,(H,25,26)/t13-/m0/s1. The maximum absolute atomic E-state index is 12.2. The van der Waals surface area contributed by atoms with Crippen LogP contribution in [0.2, 0.25) is 0 Å². The number of carbonyl (C=O) groups excluding carboxylic acids is 1. The average molecular weight is 372 g/mol. The molecular formula is C19H24N4O4. The minimum Gasteiger partial charge on any atom is -0.480 e. The van der Waals surface area contributed by atoms with Crippen LogP contribution in [0.4, 0.5) is 0 Å². The van der Waals surface area contributed by atoms with Crippen LogP contribution >= 0.6 is 0 Å². The summed E-state index contributed by atoms with van der Waals surface area (Å²) < 4.78 is 4.84. The van der Waals surface area contributed by atoms with Gasteiger partial charge in [0.05, 0.1) is 0 Å². The summed E-state index contributed by atoms with van der Waals surface area (Å²) in [6, 6.07) is 5.14. The number of aliphatic carboxylic acids is 1. The number of carbonyl (C=O) groups is 2. The first-order valence-corrected chi connectivity index (χ1v) is 9.42. The third-order valence-electron chi connectivity index (χ3n) is 6.20. The largest absolute Gasteiger partial charge is 0.480 e. The number of fused-ring (bicyclic) bond motifs is 1. The number of aromatic nitrogens is 2. The molecule has 1 aromatic carbocycles. The van der Waals surface area contributed by atoms with Crippen molar-refractivity contribution < 1.29 is 19.3 Å². The van der Waals surface area contributed by atoms with Gasteiger partial charge in [0.1, 0.15) is 17.1 Å². The first-order chi connectivity index (χ1) is 13.0. The van der Waals surface area contributed by atoms with Crippen LogP contribution in [0.15, 0.2) is 22.8 Å². The first kappa shape index (κ1) is 17.9. The van der Waals surface area contributed by atoms with Crippen molar-refractivity contribution in [3.05, 3.63) is 23.8 Å². The van der Waals surface area contributed by atoms with Gasteiger partial charge in [0.15, 0.2) is 0 Å². The molecule has 1 N–H and O–H groups in total. The molecule has 2 aliphatic heterocycles. The van der Waals surface area contributed by atoms with Gasteiger partial charge in [-0.05, 0) is 66.6 Å². The molecule has 1 amide bonds. The number of amides is 1. The molecule has 0 aliphatic carbocycles. The number of likely N-dealkylation sites (tertiary alicyclic amines) is 2. The Labute approximate surface area is 157 Å². The van der Waals surface area contributed by atoms with Gasteiger partial charge in [0.25, 0.3) is 0 Å². The van der Waals surface area contributed by atoms with Crippen LogP contribution in [0.3, 0.4) is 0 Å².